The third-order valence-electron chi connectivity index (χ3n) is 4.64. The minimum atomic E-state index is 0.0816. The molecule has 23 heavy (non-hydrogen) atoms. The number of hydrogen-bond donors (Lipinski definition) is 0. The number of amides is 1. The van der Waals surface area contributed by atoms with Crippen LogP contribution in [0, 0.1) is 5.92 Å². The van der Waals surface area contributed by atoms with Crippen molar-refractivity contribution in [3.63, 3.8) is 0 Å². The zero-order chi connectivity index (χ0) is 16.8. The Bertz CT molecular complexity index is 496. The van der Waals surface area contributed by atoms with Gasteiger partial charge in [-0.25, -0.2) is 0 Å². The summed E-state index contributed by atoms with van der Waals surface area (Å²) in [6.45, 7) is 9.00. The molecular weight excluding hydrogens is 286 g/mol. The molecule has 1 fully saturated rings. The number of benzene rings is 1. The van der Waals surface area contributed by atoms with Gasteiger partial charge in [0.25, 0.3) is 5.91 Å². The van der Waals surface area contributed by atoms with E-state index in [1.807, 2.05) is 29.2 Å². The molecule has 1 amide bonds. The third kappa shape index (κ3) is 4.98. The number of carbonyl (C=O) groups is 1. The van der Waals surface area contributed by atoms with Crippen LogP contribution in [0.3, 0.4) is 0 Å². The molecule has 3 nitrogen and oxygen atoms in total. The van der Waals surface area contributed by atoms with Gasteiger partial charge in [0, 0.05) is 17.6 Å². The largest absolute Gasteiger partial charge is 0.493 e. The average Bonchev–Trinajstić information content (AvgIpc) is 2.53. The first-order chi connectivity index (χ1) is 11.0. The molecule has 0 radical (unpaired) electrons. The van der Waals surface area contributed by atoms with E-state index in [1.54, 1.807) is 0 Å². The van der Waals surface area contributed by atoms with Crippen LogP contribution < -0.4 is 4.74 Å². The normalized spacial score (nSPS) is 15.9. The molecule has 0 saturated heterocycles. The lowest BCUT2D eigenvalue weighted by atomic mass is 9.90. The van der Waals surface area contributed by atoms with Gasteiger partial charge >= 0.3 is 0 Å². The molecule has 1 aromatic rings. The summed E-state index contributed by atoms with van der Waals surface area (Å²) < 4.78 is 5.97. The summed E-state index contributed by atoms with van der Waals surface area (Å²) >= 11 is 0. The monoisotopic (exact) mass is 317 g/mol. The van der Waals surface area contributed by atoms with Crippen LogP contribution in [0.5, 0.6) is 5.75 Å². The summed E-state index contributed by atoms with van der Waals surface area (Å²) in [6, 6.07) is 8.02. The Morgan fingerprint density at radius 1 is 1.13 bits per heavy atom. The topological polar surface area (TPSA) is 29.5 Å². The molecular formula is C20H31NO2. The van der Waals surface area contributed by atoms with Gasteiger partial charge < -0.3 is 9.64 Å². The highest BCUT2D eigenvalue weighted by Gasteiger charge is 2.22. The first-order valence-electron chi connectivity index (χ1n) is 9.04. The molecule has 0 N–H and O–H groups in total. The summed E-state index contributed by atoms with van der Waals surface area (Å²) in [5.74, 6) is 1.57. The van der Waals surface area contributed by atoms with E-state index in [4.69, 9.17) is 4.74 Å². The van der Waals surface area contributed by atoms with E-state index in [-0.39, 0.29) is 18.0 Å². The van der Waals surface area contributed by atoms with Gasteiger partial charge in [-0.1, -0.05) is 25.3 Å². The highest BCUT2D eigenvalue weighted by molar-refractivity contribution is 5.95. The molecule has 1 saturated carbocycles. The summed E-state index contributed by atoms with van der Waals surface area (Å²) in [4.78, 5) is 14.7. The Labute approximate surface area is 141 Å². The number of hydrogen-bond acceptors (Lipinski definition) is 2. The van der Waals surface area contributed by atoms with E-state index in [0.29, 0.717) is 11.5 Å². The van der Waals surface area contributed by atoms with Crippen molar-refractivity contribution in [2.24, 2.45) is 5.92 Å². The van der Waals surface area contributed by atoms with Crippen LogP contribution in [0.1, 0.15) is 70.2 Å². The van der Waals surface area contributed by atoms with Crippen molar-refractivity contribution in [1.29, 1.82) is 0 Å². The van der Waals surface area contributed by atoms with Crippen molar-refractivity contribution in [3.05, 3.63) is 29.8 Å². The molecule has 0 atom stereocenters. The smallest absolute Gasteiger partial charge is 0.254 e. The van der Waals surface area contributed by atoms with Crippen LogP contribution in [0.2, 0.25) is 0 Å². The van der Waals surface area contributed by atoms with Crippen molar-refractivity contribution < 1.29 is 9.53 Å². The lowest BCUT2D eigenvalue weighted by Crippen LogP contribution is -2.42. The van der Waals surface area contributed by atoms with Gasteiger partial charge in [-0.2, -0.15) is 0 Å². The van der Waals surface area contributed by atoms with E-state index in [1.165, 1.54) is 32.1 Å². The molecule has 1 aliphatic rings. The molecule has 128 valence electrons. The second-order valence-corrected chi connectivity index (χ2v) is 7.24. The van der Waals surface area contributed by atoms with Crippen molar-refractivity contribution >= 4 is 5.91 Å². The fraction of sp³-hybridized carbons (Fsp3) is 0.650. The predicted molar refractivity (Wildman–Crippen MR) is 95.0 cm³/mol. The molecule has 3 heteroatoms. The number of ether oxygens (including phenoxy) is 1. The van der Waals surface area contributed by atoms with Crippen molar-refractivity contribution in [3.8, 4) is 5.75 Å². The van der Waals surface area contributed by atoms with Gasteiger partial charge in [-0.15, -0.1) is 0 Å². The van der Waals surface area contributed by atoms with Crippen molar-refractivity contribution in [2.45, 2.75) is 71.9 Å². The number of carbonyl (C=O) groups excluding carboxylic acids is 1. The molecule has 0 aliphatic heterocycles. The summed E-state index contributed by atoms with van der Waals surface area (Å²) in [5.41, 5.74) is 0.716. The fourth-order valence-corrected chi connectivity index (χ4v) is 3.50. The zero-order valence-corrected chi connectivity index (χ0v) is 15.0. The number of rotatable bonds is 6. The maximum Gasteiger partial charge on any atom is 0.254 e. The first-order valence-corrected chi connectivity index (χ1v) is 9.04. The Balaban J connectivity index is 2.02. The van der Waals surface area contributed by atoms with Gasteiger partial charge in [0.05, 0.1) is 6.61 Å². The summed E-state index contributed by atoms with van der Waals surface area (Å²) in [5, 5.41) is 0. The highest BCUT2D eigenvalue weighted by atomic mass is 16.5. The van der Waals surface area contributed by atoms with Gasteiger partial charge in [-0.3, -0.25) is 4.79 Å². The van der Waals surface area contributed by atoms with Gasteiger partial charge in [0.2, 0.25) is 0 Å². The Hall–Kier alpha value is -1.51. The van der Waals surface area contributed by atoms with E-state index in [2.05, 4.69) is 27.7 Å². The quantitative estimate of drug-likeness (QED) is 0.746. The predicted octanol–water partition coefficient (Wildman–Crippen LogP) is 4.90. The maximum atomic E-state index is 12.8. The van der Waals surface area contributed by atoms with Crippen molar-refractivity contribution in [1.82, 2.24) is 4.90 Å². The highest BCUT2D eigenvalue weighted by Crippen LogP contribution is 2.25. The second-order valence-electron chi connectivity index (χ2n) is 7.24. The average molecular weight is 317 g/mol. The third-order valence-corrected chi connectivity index (χ3v) is 4.64. The Kier molecular flexibility index (Phi) is 6.49. The second kappa shape index (κ2) is 8.37. The SMILES string of the molecule is CC(C)N(C(=O)c1cccc(OCC2CCCCC2)c1)C(C)C. The molecule has 0 unspecified atom stereocenters. The molecule has 1 aromatic carbocycles. The molecule has 0 heterocycles. The first kappa shape index (κ1) is 17.8. The van der Waals surface area contributed by atoms with Crippen LogP contribution in [-0.4, -0.2) is 29.5 Å². The van der Waals surface area contributed by atoms with E-state index < -0.39 is 0 Å². The minimum absolute atomic E-state index is 0.0816. The molecule has 2 rings (SSSR count). The standard InChI is InChI=1S/C20H31NO2/c1-15(2)21(16(3)4)20(22)18-11-8-12-19(13-18)23-14-17-9-6-5-7-10-17/h8,11-13,15-17H,5-7,9-10,14H2,1-4H3. The summed E-state index contributed by atoms with van der Waals surface area (Å²) in [6.07, 6.45) is 6.55. The Morgan fingerprint density at radius 3 is 2.39 bits per heavy atom. The van der Waals surface area contributed by atoms with Gasteiger partial charge in [0.15, 0.2) is 0 Å². The number of nitrogens with zero attached hydrogens (tertiary/aromatic N) is 1. The Morgan fingerprint density at radius 2 is 1.78 bits per heavy atom. The van der Waals surface area contributed by atoms with Gasteiger partial charge in [0.1, 0.15) is 5.75 Å². The summed E-state index contributed by atoms with van der Waals surface area (Å²) in [7, 11) is 0. The fourth-order valence-electron chi connectivity index (χ4n) is 3.50. The van der Waals surface area contributed by atoms with Crippen LogP contribution in [0.25, 0.3) is 0 Å². The van der Waals surface area contributed by atoms with Gasteiger partial charge in [-0.05, 0) is 64.7 Å². The lowest BCUT2D eigenvalue weighted by Gasteiger charge is -2.31. The van der Waals surface area contributed by atoms with Crippen LogP contribution in [-0.2, 0) is 0 Å². The molecule has 1 aliphatic carbocycles. The molecule has 0 bridgehead atoms. The van der Waals surface area contributed by atoms with Crippen LogP contribution >= 0.6 is 0 Å². The van der Waals surface area contributed by atoms with Crippen LogP contribution in [0.15, 0.2) is 24.3 Å². The van der Waals surface area contributed by atoms with E-state index >= 15 is 0 Å². The minimum Gasteiger partial charge on any atom is -0.493 e. The lowest BCUT2D eigenvalue weighted by molar-refractivity contribution is 0.0643. The van der Waals surface area contributed by atoms with E-state index in [0.717, 1.165) is 12.4 Å². The maximum absolute atomic E-state index is 12.8. The molecule has 0 aromatic heterocycles. The zero-order valence-electron chi connectivity index (χ0n) is 15.0. The van der Waals surface area contributed by atoms with Crippen molar-refractivity contribution in [2.75, 3.05) is 6.61 Å². The molecule has 0 spiro atoms. The van der Waals surface area contributed by atoms with Crippen LogP contribution in [0.4, 0.5) is 0 Å². The van der Waals surface area contributed by atoms with E-state index in [9.17, 15) is 4.79 Å².